The average molecular weight is 404 g/mol. The molecule has 6 nitrogen and oxygen atoms in total. The van der Waals surface area contributed by atoms with Crippen molar-refractivity contribution in [3.63, 3.8) is 0 Å². The predicted molar refractivity (Wildman–Crippen MR) is 105 cm³/mol. The lowest BCUT2D eigenvalue weighted by atomic mass is 9.94. The molecule has 0 fully saturated rings. The zero-order chi connectivity index (χ0) is 20.6. The van der Waals surface area contributed by atoms with Gasteiger partial charge in [0.1, 0.15) is 15.4 Å². The van der Waals surface area contributed by atoms with Crippen molar-refractivity contribution in [2.75, 3.05) is 12.0 Å². The molecule has 1 aromatic heterocycles. The first-order valence-electron chi connectivity index (χ1n) is 8.70. The Morgan fingerprint density at radius 3 is 2.57 bits per heavy atom. The predicted octanol–water partition coefficient (Wildman–Crippen LogP) is 3.13. The van der Waals surface area contributed by atoms with Crippen molar-refractivity contribution in [3.8, 4) is 0 Å². The van der Waals surface area contributed by atoms with Crippen molar-refractivity contribution < 1.29 is 22.7 Å². The number of hydrogen-bond acceptors (Lipinski definition) is 4. The fraction of sp³-hybridized carbons (Fsp3) is 0.300. The van der Waals surface area contributed by atoms with E-state index in [4.69, 9.17) is 0 Å². The first-order valence-corrected chi connectivity index (χ1v) is 10.8. The number of sulfone groups is 1. The zero-order valence-electron chi connectivity index (χ0n) is 15.9. The second kappa shape index (κ2) is 7.35. The number of aryl methyl sites for hydroxylation is 3. The maximum absolute atomic E-state index is 15.2. The number of halogens is 1. The van der Waals surface area contributed by atoms with E-state index >= 15 is 4.39 Å². The molecule has 28 heavy (non-hydrogen) atoms. The fourth-order valence-corrected chi connectivity index (χ4v) is 3.77. The molecule has 0 saturated heterocycles. The minimum atomic E-state index is -3.22. The number of imidazole rings is 1. The Kier molecular flexibility index (Phi) is 5.25. The van der Waals surface area contributed by atoms with Crippen LogP contribution in [0.3, 0.4) is 0 Å². The average Bonchev–Trinajstić information content (AvgIpc) is 2.99. The minimum Gasteiger partial charge on any atom is -0.478 e. The second-order valence-corrected chi connectivity index (χ2v) is 9.32. The molecule has 3 rings (SSSR count). The van der Waals surface area contributed by atoms with Crippen LogP contribution in [-0.2, 0) is 22.8 Å². The first kappa shape index (κ1) is 20.0. The molecule has 3 aromatic rings. The minimum absolute atomic E-state index is 0.0401. The van der Waals surface area contributed by atoms with Crippen LogP contribution in [0.4, 0.5) is 4.39 Å². The number of carbonyl (C=O) groups is 1. The van der Waals surface area contributed by atoms with Crippen LogP contribution in [0.25, 0.3) is 11.0 Å². The lowest BCUT2D eigenvalue weighted by Gasteiger charge is -2.12. The summed E-state index contributed by atoms with van der Waals surface area (Å²) >= 11 is 0. The maximum atomic E-state index is 15.2. The molecule has 0 aliphatic rings. The standard InChI is InChI=1S/C20H21FN2O4S/c1-12-4-5-14(13(2)8-12)9-15-16(20(24)25)10-17-19(18(15)21)22-11-23(17)6-7-28(3,26)27/h4-5,8,10-11H,6-7,9H2,1-3H3,(H,24,25). The van der Waals surface area contributed by atoms with Gasteiger partial charge < -0.3 is 9.67 Å². The van der Waals surface area contributed by atoms with Gasteiger partial charge in [0, 0.05) is 24.8 Å². The normalized spacial score (nSPS) is 11.9. The van der Waals surface area contributed by atoms with Gasteiger partial charge in [-0.1, -0.05) is 23.8 Å². The number of nitrogens with zero attached hydrogens (tertiary/aromatic N) is 2. The highest BCUT2D eigenvalue weighted by molar-refractivity contribution is 7.90. The fourth-order valence-electron chi connectivity index (χ4n) is 3.24. The highest BCUT2D eigenvalue weighted by atomic mass is 32.2. The number of carboxylic acid groups (broad SMARTS) is 1. The molecule has 1 heterocycles. The molecule has 0 atom stereocenters. The van der Waals surface area contributed by atoms with Crippen molar-refractivity contribution >= 4 is 26.8 Å². The third-order valence-electron chi connectivity index (χ3n) is 4.76. The lowest BCUT2D eigenvalue weighted by Crippen LogP contribution is -2.12. The molecule has 0 amide bonds. The third kappa shape index (κ3) is 4.06. The molecule has 1 N–H and O–H groups in total. The SMILES string of the molecule is Cc1ccc(Cc2c(C(=O)O)cc3c(ncn3CCS(C)(=O)=O)c2F)c(C)c1. The highest BCUT2D eigenvalue weighted by Gasteiger charge is 2.22. The maximum Gasteiger partial charge on any atom is 0.336 e. The lowest BCUT2D eigenvalue weighted by molar-refractivity contribution is 0.0695. The van der Waals surface area contributed by atoms with Crippen LogP contribution in [0.2, 0.25) is 0 Å². The second-order valence-electron chi connectivity index (χ2n) is 7.06. The molecule has 0 saturated carbocycles. The molecular weight excluding hydrogens is 383 g/mol. The largest absolute Gasteiger partial charge is 0.478 e. The van der Waals surface area contributed by atoms with Crippen LogP contribution in [0.1, 0.15) is 32.6 Å². The van der Waals surface area contributed by atoms with E-state index in [9.17, 15) is 18.3 Å². The van der Waals surface area contributed by atoms with Crippen molar-refractivity contribution in [2.45, 2.75) is 26.8 Å². The summed E-state index contributed by atoms with van der Waals surface area (Å²) in [4.78, 5) is 15.9. The van der Waals surface area contributed by atoms with Gasteiger partial charge in [-0.15, -0.1) is 0 Å². The van der Waals surface area contributed by atoms with Crippen molar-refractivity contribution in [2.24, 2.45) is 0 Å². The topological polar surface area (TPSA) is 89.3 Å². The smallest absolute Gasteiger partial charge is 0.336 e. The van der Waals surface area contributed by atoms with Gasteiger partial charge in [0.15, 0.2) is 5.82 Å². The summed E-state index contributed by atoms with van der Waals surface area (Å²) < 4.78 is 39.5. The molecule has 0 aliphatic heterocycles. The Bertz CT molecular complexity index is 1180. The van der Waals surface area contributed by atoms with Gasteiger partial charge in [0.2, 0.25) is 0 Å². The van der Waals surface area contributed by atoms with Gasteiger partial charge in [0.25, 0.3) is 0 Å². The van der Waals surface area contributed by atoms with Crippen LogP contribution >= 0.6 is 0 Å². The molecule has 0 unspecified atom stereocenters. The van der Waals surface area contributed by atoms with E-state index in [1.165, 1.54) is 17.0 Å². The van der Waals surface area contributed by atoms with Crippen molar-refractivity contribution in [3.05, 3.63) is 64.2 Å². The quantitative estimate of drug-likeness (QED) is 0.682. The van der Waals surface area contributed by atoms with Crippen LogP contribution in [-0.4, -0.2) is 41.1 Å². The van der Waals surface area contributed by atoms with Gasteiger partial charge in [-0.25, -0.2) is 22.6 Å². The van der Waals surface area contributed by atoms with Gasteiger partial charge in [0.05, 0.1) is 23.2 Å². The third-order valence-corrected chi connectivity index (χ3v) is 5.68. The molecule has 0 radical (unpaired) electrons. The summed E-state index contributed by atoms with van der Waals surface area (Å²) in [5, 5.41) is 9.64. The summed E-state index contributed by atoms with van der Waals surface area (Å²) in [6.07, 6.45) is 2.58. The summed E-state index contributed by atoms with van der Waals surface area (Å²) in [5.41, 5.74) is 3.09. The summed E-state index contributed by atoms with van der Waals surface area (Å²) in [6.45, 7) is 3.93. The molecular formula is C20H21FN2O4S. The van der Waals surface area contributed by atoms with Crippen LogP contribution < -0.4 is 0 Å². The molecule has 8 heteroatoms. The van der Waals surface area contributed by atoms with Crippen LogP contribution in [0, 0.1) is 19.7 Å². The Hall–Kier alpha value is -2.74. The van der Waals surface area contributed by atoms with Gasteiger partial charge >= 0.3 is 5.97 Å². The van der Waals surface area contributed by atoms with E-state index in [1.807, 2.05) is 32.0 Å². The highest BCUT2D eigenvalue weighted by Crippen LogP contribution is 2.27. The molecule has 0 aliphatic carbocycles. The Morgan fingerprint density at radius 1 is 1.25 bits per heavy atom. The number of aromatic nitrogens is 2. The van der Waals surface area contributed by atoms with E-state index in [1.54, 1.807) is 0 Å². The summed E-state index contributed by atoms with van der Waals surface area (Å²) in [7, 11) is -3.22. The Labute approximate surface area is 162 Å². The first-order chi connectivity index (χ1) is 13.1. The van der Waals surface area contributed by atoms with Crippen molar-refractivity contribution in [1.29, 1.82) is 0 Å². The molecule has 0 spiro atoms. The Balaban J connectivity index is 2.11. The van der Waals surface area contributed by atoms with Gasteiger partial charge in [-0.05, 0) is 31.0 Å². The zero-order valence-corrected chi connectivity index (χ0v) is 16.7. The molecule has 148 valence electrons. The van der Waals surface area contributed by atoms with E-state index in [0.717, 1.165) is 22.9 Å². The van der Waals surface area contributed by atoms with Crippen LogP contribution in [0.15, 0.2) is 30.6 Å². The number of benzene rings is 2. The monoisotopic (exact) mass is 404 g/mol. The molecule has 0 bridgehead atoms. The molecule has 2 aromatic carbocycles. The number of hydrogen-bond donors (Lipinski definition) is 1. The van der Waals surface area contributed by atoms with Gasteiger partial charge in [-0.3, -0.25) is 0 Å². The van der Waals surface area contributed by atoms with E-state index in [2.05, 4.69) is 4.98 Å². The van der Waals surface area contributed by atoms with Gasteiger partial charge in [-0.2, -0.15) is 0 Å². The van der Waals surface area contributed by atoms with Crippen LogP contribution in [0.5, 0.6) is 0 Å². The number of carboxylic acids is 1. The summed E-state index contributed by atoms with van der Waals surface area (Å²) in [6, 6.07) is 7.10. The summed E-state index contributed by atoms with van der Waals surface area (Å²) in [5.74, 6) is -2.07. The number of rotatable bonds is 6. The van der Waals surface area contributed by atoms with E-state index < -0.39 is 21.6 Å². The number of aromatic carboxylic acids is 1. The van der Waals surface area contributed by atoms with Crippen molar-refractivity contribution in [1.82, 2.24) is 9.55 Å². The van der Waals surface area contributed by atoms with E-state index in [0.29, 0.717) is 0 Å². The van der Waals surface area contributed by atoms with E-state index in [-0.39, 0.29) is 40.9 Å². The number of fused-ring (bicyclic) bond motifs is 1. The Morgan fingerprint density at radius 2 is 1.96 bits per heavy atom.